The summed E-state index contributed by atoms with van der Waals surface area (Å²) in [5.41, 5.74) is 2.96. The number of aromatic nitrogens is 3. The minimum absolute atomic E-state index is 0.0583. The molecule has 4 aromatic rings. The predicted molar refractivity (Wildman–Crippen MR) is 160 cm³/mol. The van der Waals surface area contributed by atoms with Crippen LogP contribution < -0.4 is 10.2 Å². The average molecular weight is 588 g/mol. The van der Waals surface area contributed by atoms with E-state index in [2.05, 4.69) is 24.0 Å². The first-order chi connectivity index (χ1) is 20.3. The minimum Gasteiger partial charge on any atom is -0.483 e. The highest BCUT2D eigenvalue weighted by atomic mass is 32.1. The van der Waals surface area contributed by atoms with Crippen LogP contribution in [0.3, 0.4) is 0 Å². The molecular formula is C33H34FN3O4S. The van der Waals surface area contributed by atoms with Crippen LogP contribution >= 0.6 is 11.3 Å². The summed E-state index contributed by atoms with van der Waals surface area (Å²) in [4.78, 5) is 28.0. The molecule has 2 aliphatic rings. The number of carbonyl (C=O) groups is 1. The summed E-state index contributed by atoms with van der Waals surface area (Å²) in [6, 6.07) is 14.2. The van der Waals surface area contributed by atoms with E-state index in [1.165, 1.54) is 23.5 Å². The molecule has 9 heteroatoms. The fraction of sp³-hybridized carbons (Fsp3) is 0.394. The first-order valence-electron chi connectivity index (χ1n) is 14.5. The van der Waals surface area contributed by atoms with Gasteiger partial charge < -0.3 is 14.0 Å². The van der Waals surface area contributed by atoms with Crippen LogP contribution in [0.2, 0.25) is 0 Å². The summed E-state index contributed by atoms with van der Waals surface area (Å²) < 4.78 is 27.8. The molecule has 7 nitrogen and oxygen atoms in total. The molecule has 2 aliphatic heterocycles. The van der Waals surface area contributed by atoms with Gasteiger partial charge in [-0.1, -0.05) is 68.0 Å². The second-order valence-electron chi connectivity index (χ2n) is 11.4. The third-order valence-electron chi connectivity index (χ3n) is 8.82. The SMILES string of the molecule is CCC(C)C1CC(=O)c2c(OCc3ccccc3)c(=O)c(-c3nnc(Cc4ccc(F)cc4C)s3)cn2C2COCC12. The first kappa shape index (κ1) is 28.4. The standard InChI is InChI=1S/C33H34FN3O4S/c1-4-19(2)24-14-28(38)30-32(41-16-21-8-6-5-7-9-21)31(39)25(15-37(30)27-18-40-17-26(24)27)33-36-35-29(42-33)13-22-10-11-23(34)12-20(22)3/h5-12,15,19,24,26-27H,4,13-14,16-18H2,1-3H3. The van der Waals surface area contributed by atoms with Gasteiger partial charge in [0.05, 0.1) is 24.8 Å². The van der Waals surface area contributed by atoms with Crippen LogP contribution in [-0.4, -0.2) is 33.8 Å². The number of nitrogens with zero attached hydrogens (tertiary/aromatic N) is 3. The minimum atomic E-state index is -0.372. The molecule has 218 valence electrons. The number of rotatable bonds is 8. The van der Waals surface area contributed by atoms with Gasteiger partial charge in [0.1, 0.15) is 23.1 Å². The van der Waals surface area contributed by atoms with Gasteiger partial charge in [-0.3, -0.25) is 9.59 Å². The molecule has 0 saturated carbocycles. The van der Waals surface area contributed by atoms with E-state index in [-0.39, 0.29) is 47.3 Å². The lowest BCUT2D eigenvalue weighted by Crippen LogP contribution is -2.28. The number of pyridine rings is 1. The molecule has 6 rings (SSSR count). The smallest absolute Gasteiger partial charge is 0.234 e. The summed E-state index contributed by atoms with van der Waals surface area (Å²) >= 11 is 1.32. The highest BCUT2D eigenvalue weighted by Gasteiger charge is 2.44. The topological polar surface area (TPSA) is 83.3 Å². The van der Waals surface area contributed by atoms with E-state index >= 15 is 0 Å². The Morgan fingerprint density at radius 1 is 1.14 bits per heavy atom. The Morgan fingerprint density at radius 2 is 1.95 bits per heavy atom. The van der Waals surface area contributed by atoms with Crippen molar-refractivity contribution in [3.63, 3.8) is 0 Å². The number of benzene rings is 2. The molecule has 0 spiro atoms. The largest absolute Gasteiger partial charge is 0.483 e. The van der Waals surface area contributed by atoms with E-state index in [0.29, 0.717) is 53.2 Å². The second kappa shape index (κ2) is 11.9. The van der Waals surface area contributed by atoms with Gasteiger partial charge in [-0.25, -0.2) is 4.39 Å². The van der Waals surface area contributed by atoms with Crippen molar-refractivity contribution in [1.29, 1.82) is 0 Å². The lowest BCUT2D eigenvalue weighted by atomic mass is 9.76. The maximum atomic E-state index is 14.1. The molecule has 4 atom stereocenters. The molecule has 0 radical (unpaired) electrons. The van der Waals surface area contributed by atoms with Gasteiger partial charge in [-0.2, -0.15) is 0 Å². The molecule has 2 aromatic carbocycles. The fourth-order valence-electron chi connectivity index (χ4n) is 6.26. The number of ketones is 1. The number of halogens is 1. The molecule has 0 amide bonds. The molecule has 0 bridgehead atoms. The van der Waals surface area contributed by atoms with Crippen LogP contribution in [0.4, 0.5) is 4.39 Å². The third-order valence-corrected chi connectivity index (χ3v) is 9.78. The van der Waals surface area contributed by atoms with Crippen molar-refractivity contribution in [2.45, 2.75) is 52.7 Å². The maximum Gasteiger partial charge on any atom is 0.234 e. The van der Waals surface area contributed by atoms with Crippen molar-refractivity contribution in [1.82, 2.24) is 14.8 Å². The number of hydrogen-bond donors (Lipinski definition) is 0. The molecule has 1 fully saturated rings. The Morgan fingerprint density at radius 3 is 2.71 bits per heavy atom. The Bertz CT molecular complexity index is 1670. The van der Waals surface area contributed by atoms with Crippen molar-refractivity contribution in [2.24, 2.45) is 17.8 Å². The van der Waals surface area contributed by atoms with Gasteiger partial charge in [-0.05, 0) is 47.6 Å². The summed E-state index contributed by atoms with van der Waals surface area (Å²) in [7, 11) is 0. The lowest BCUT2D eigenvalue weighted by Gasteiger charge is -2.29. The Hall–Kier alpha value is -3.69. The van der Waals surface area contributed by atoms with Crippen LogP contribution in [-0.2, 0) is 17.8 Å². The number of ether oxygens (including phenoxy) is 2. The van der Waals surface area contributed by atoms with Gasteiger partial charge in [0.15, 0.2) is 16.5 Å². The summed E-state index contributed by atoms with van der Waals surface area (Å²) in [5, 5.41) is 9.93. The number of carbonyl (C=O) groups excluding carboxylic acids is 1. The van der Waals surface area contributed by atoms with Crippen molar-refractivity contribution in [2.75, 3.05) is 13.2 Å². The molecule has 2 aromatic heterocycles. The maximum absolute atomic E-state index is 14.1. The van der Waals surface area contributed by atoms with Crippen LogP contribution in [0.1, 0.15) is 64.9 Å². The Kier molecular flexibility index (Phi) is 8.05. The highest BCUT2D eigenvalue weighted by molar-refractivity contribution is 7.14. The number of Topliss-reactive ketones (excluding diaryl/α,β-unsaturated/α-hetero) is 1. The van der Waals surface area contributed by atoms with Crippen molar-refractivity contribution >= 4 is 17.1 Å². The van der Waals surface area contributed by atoms with E-state index in [1.54, 1.807) is 12.3 Å². The van der Waals surface area contributed by atoms with Crippen molar-refractivity contribution in [3.8, 4) is 16.3 Å². The summed E-state index contributed by atoms with van der Waals surface area (Å²) in [5.74, 6) is 0.318. The van der Waals surface area contributed by atoms with Crippen molar-refractivity contribution < 1.29 is 18.7 Å². The molecule has 0 N–H and O–H groups in total. The van der Waals surface area contributed by atoms with Gasteiger partial charge >= 0.3 is 0 Å². The molecule has 4 heterocycles. The number of hydrogen-bond acceptors (Lipinski definition) is 7. The van der Waals surface area contributed by atoms with Crippen LogP contribution in [0.5, 0.6) is 5.75 Å². The molecule has 4 unspecified atom stereocenters. The number of fused-ring (bicyclic) bond motifs is 3. The quantitative estimate of drug-likeness (QED) is 0.237. The monoisotopic (exact) mass is 587 g/mol. The van der Waals surface area contributed by atoms with Gasteiger partial charge in [-0.15, -0.1) is 10.2 Å². The molecule has 42 heavy (non-hydrogen) atoms. The van der Waals surface area contributed by atoms with E-state index in [4.69, 9.17) is 9.47 Å². The van der Waals surface area contributed by atoms with Crippen LogP contribution in [0.15, 0.2) is 59.5 Å². The Labute approximate surface area is 248 Å². The van der Waals surface area contributed by atoms with E-state index in [9.17, 15) is 14.0 Å². The van der Waals surface area contributed by atoms with E-state index in [0.717, 1.165) is 23.1 Å². The fourth-order valence-corrected chi connectivity index (χ4v) is 7.12. The molecule has 1 saturated heterocycles. The van der Waals surface area contributed by atoms with Gasteiger partial charge in [0.2, 0.25) is 5.43 Å². The summed E-state index contributed by atoms with van der Waals surface area (Å²) in [6.07, 6.45) is 3.55. The zero-order valence-electron chi connectivity index (χ0n) is 24.0. The number of aryl methyl sites for hydroxylation is 1. The lowest BCUT2D eigenvalue weighted by molar-refractivity contribution is 0.0899. The highest BCUT2D eigenvalue weighted by Crippen LogP contribution is 2.44. The third kappa shape index (κ3) is 5.43. The second-order valence-corrected chi connectivity index (χ2v) is 12.5. The normalized spacial score (nSPS) is 20.6. The van der Waals surface area contributed by atoms with Crippen molar-refractivity contribution in [3.05, 3.63) is 98.2 Å². The van der Waals surface area contributed by atoms with Crippen LogP contribution in [0, 0.1) is 30.5 Å². The molecule has 0 aliphatic carbocycles. The molecular weight excluding hydrogens is 553 g/mol. The van der Waals surface area contributed by atoms with Gasteiger partial charge in [0.25, 0.3) is 0 Å². The predicted octanol–water partition coefficient (Wildman–Crippen LogP) is 6.42. The van der Waals surface area contributed by atoms with E-state index in [1.807, 2.05) is 41.8 Å². The zero-order chi connectivity index (χ0) is 29.4. The summed E-state index contributed by atoms with van der Waals surface area (Å²) in [6.45, 7) is 7.39. The van der Waals surface area contributed by atoms with Crippen LogP contribution in [0.25, 0.3) is 10.6 Å². The van der Waals surface area contributed by atoms with Gasteiger partial charge in [0, 0.05) is 25.0 Å². The van der Waals surface area contributed by atoms with E-state index < -0.39 is 0 Å². The zero-order valence-corrected chi connectivity index (χ0v) is 24.8. The average Bonchev–Trinajstić information content (AvgIpc) is 3.64. The Balaban J connectivity index is 1.45. The first-order valence-corrected chi connectivity index (χ1v) is 15.3.